The van der Waals surface area contributed by atoms with E-state index in [2.05, 4.69) is 0 Å². The average Bonchev–Trinajstić information content (AvgIpc) is 2.16. The summed E-state index contributed by atoms with van der Waals surface area (Å²) in [6, 6.07) is 0.407. The van der Waals surface area contributed by atoms with Crippen LogP contribution in [0.1, 0.15) is 19.3 Å². The van der Waals surface area contributed by atoms with E-state index in [1.807, 2.05) is 0 Å². The highest BCUT2D eigenvalue weighted by Gasteiger charge is 2.44. The number of carboxylic acid groups (broad SMARTS) is 1. The Balaban J connectivity index is 1.83. The van der Waals surface area contributed by atoms with Gasteiger partial charge in [0.2, 0.25) is 5.91 Å². The van der Waals surface area contributed by atoms with E-state index in [-0.39, 0.29) is 30.8 Å². The van der Waals surface area contributed by atoms with Gasteiger partial charge in [-0.3, -0.25) is 9.59 Å². The van der Waals surface area contributed by atoms with Crippen molar-refractivity contribution in [2.75, 3.05) is 13.2 Å². The molecule has 5 heteroatoms. The second-order valence-electron chi connectivity index (χ2n) is 3.78. The van der Waals surface area contributed by atoms with Gasteiger partial charge in [-0.1, -0.05) is 0 Å². The molecule has 0 saturated carbocycles. The quantitative estimate of drug-likeness (QED) is 0.686. The molecule has 1 amide bonds. The fourth-order valence-electron chi connectivity index (χ4n) is 2.09. The Kier molecular flexibility index (Phi) is 2.41. The predicted molar refractivity (Wildman–Crippen MR) is 46.7 cm³/mol. The van der Waals surface area contributed by atoms with Gasteiger partial charge < -0.3 is 14.7 Å². The van der Waals surface area contributed by atoms with Gasteiger partial charge in [0, 0.05) is 6.42 Å². The van der Waals surface area contributed by atoms with Crippen LogP contribution in [0.2, 0.25) is 0 Å². The minimum absolute atomic E-state index is 0.0445. The van der Waals surface area contributed by atoms with Crippen molar-refractivity contribution in [2.24, 2.45) is 0 Å². The summed E-state index contributed by atoms with van der Waals surface area (Å²) in [6.45, 7) is 1.21. The molecule has 3 aliphatic rings. The molecule has 0 unspecified atom stereocenters. The van der Waals surface area contributed by atoms with Gasteiger partial charge in [0.1, 0.15) is 0 Å². The molecule has 0 aromatic rings. The first kappa shape index (κ1) is 9.45. The van der Waals surface area contributed by atoms with Gasteiger partial charge in [-0.05, 0) is 6.42 Å². The number of rotatable bonds is 3. The highest BCUT2D eigenvalue weighted by molar-refractivity contribution is 5.82. The molecule has 5 nitrogen and oxygen atoms in total. The Bertz CT molecular complexity index is 252. The van der Waals surface area contributed by atoms with Gasteiger partial charge in [-0.25, -0.2) is 0 Å². The normalized spacial score (nSPS) is 29.6. The molecule has 1 N–H and O–H groups in total. The molecule has 3 heterocycles. The molecule has 0 spiro atoms. The molecule has 3 fully saturated rings. The lowest BCUT2D eigenvalue weighted by Crippen LogP contribution is -2.65. The molecule has 3 aliphatic heterocycles. The smallest absolute Gasteiger partial charge is 0.303 e. The summed E-state index contributed by atoms with van der Waals surface area (Å²) in [6.07, 6.45) is 1.05. The SMILES string of the molecule is O=C(O)CCC(=O)N1[C@H]2COC[C@H]1C2. The fourth-order valence-corrected chi connectivity index (χ4v) is 2.09. The van der Waals surface area contributed by atoms with Crippen molar-refractivity contribution >= 4 is 11.9 Å². The third-order valence-corrected chi connectivity index (χ3v) is 2.79. The Morgan fingerprint density at radius 1 is 1.29 bits per heavy atom. The zero-order valence-electron chi connectivity index (χ0n) is 7.81. The number of fused-ring (bicyclic) bond motifs is 2. The van der Waals surface area contributed by atoms with Gasteiger partial charge in [-0.15, -0.1) is 0 Å². The number of hydrogen-bond acceptors (Lipinski definition) is 3. The molecule has 2 atom stereocenters. The largest absolute Gasteiger partial charge is 0.481 e. The van der Waals surface area contributed by atoms with Crippen molar-refractivity contribution in [1.82, 2.24) is 4.90 Å². The van der Waals surface area contributed by atoms with E-state index in [9.17, 15) is 9.59 Å². The molecule has 0 radical (unpaired) electrons. The number of carbonyl (C=O) groups is 2. The minimum Gasteiger partial charge on any atom is -0.481 e. The summed E-state index contributed by atoms with van der Waals surface area (Å²) in [7, 11) is 0. The molecule has 14 heavy (non-hydrogen) atoms. The van der Waals surface area contributed by atoms with Crippen molar-refractivity contribution in [2.45, 2.75) is 31.3 Å². The number of carboxylic acids is 1. The van der Waals surface area contributed by atoms with Crippen LogP contribution in [0.15, 0.2) is 0 Å². The van der Waals surface area contributed by atoms with Crippen LogP contribution in [0.25, 0.3) is 0 Å². The lowest BCUT2D eigenvalue weighted by Gasteiger charge is -2.52. The van der Waals surface area contributed by atoms with Crippen LogP contribution in [0.5, 0.6) is 0 Å². The van der Waals surface area contributed by atoms with Crippen LogP contribution in [0.3, 0.4) is 0 Å². The van der Waals surface area contributed by atoms with Crippen LogP contribution in [0.4, 0.5) is 0 Å². The zero-order valence-corrected chi connectivity index (χ0v) is 7.81. The van der Waals surface area contributed by atoms with Crippen molar-refractivity contribution in [3.8, 4) is 0 Å². The van der Waals surface area contributed by atoms with E-state index >= 15 is 0 Å². The highest BCUT2D eigenvalue weighted by Crippen LogP contribution is 2.31. The number of nitrogens with zero attached hydrogens (tertiary/aromatic N) is 1. The number of amides is 1. The first-order valence-corrected chi connectivity index (χ1v) is 4.79. The lowest BCUT2D eigenvalue weighted by atomic mass is 9.91. The Hall–Kier alpha value is -1.10. The highest BCUT2D eigenvalue weighted by atomic mass is 16.5. The number of carbonyl (C=O) groups excluding carboxylic acids is 1. The molecular formula is C9H13NO4. The summed E-state index contributed by atoms with van der Waals surface area (Å²) >= 11 is 0. The number of morpholine rings is 1. The second kappa shape index (κ2) is 3.57. The maximum Gasteiger partial charge on any atom is 0.303 e. The average molecular weight is 199 g/mol. The first-order valence-electron chi connectivity index (χ1n) is 4.79. The zero-order chi connectivity index (χ0) is 10.1. The molecule has 0 aromatic heterocycles. The summed E-state index contributed by atoms with van der Waals surface area (Å²) < 4.78 is 5.23. The van der Waals surface area contributed by atoms with Gasteiger partial charge in [0.05, 0.1) is 31.7 Å². The van der Waals surface area contributed by atoms with E-state index in [0.717, 1.165) is 6.42 Å². The monoisotopic (exact) mass is 199 g/mol. The molecule has 0 aromatic carbocycles. The van der Waals surface area contributed by atoms with Crippen LogP contribution >= 0.6 is 0 Å². The third kappa shape index (κ3) is 1.59. The van der Waals surface area contributed by atoms with Crippen molar-refractivity contribution in [3.63, 3.8) is 0 Å². The van der Waals surface area contributed by atoms with Crippen LogP contribution < -0.4 is 0 Å². The molecule has 0 aliphatic carbocycles. The number of ether oxygens (including phenoxy) is 1. The summed E-state index contributed by atoms with van der Waals surface area (Å²) in [4.78, 5) is 23.6. The molecule has 3 rings (SSSR count). The third-order valence-electron chi connectivity index (χ3n) is 2.79. The van der Waals surface area contributed by atoms with Gasteiger partial charge in [-0.2, -0.15) is 0 Å². The van der Waals surface area contributed by atoms with Crippen LogP contribution in [-0.4, -0.2) is 47.2 Å². The molecule has 78 valence electrons. The fraction of sp³-hybridized carbons (Fsp3) is 0.778. The predicted octanol–water partition coefficient (Wildman–Crippen LogP) is -0.149. The van der Waals surface area contributed by atoms with Crippen molar-refractivity contribution in [3.05, 3.63) is 0 Å². The Labute approximate surface area is 81.6 Å². The topological polar surface area (TPSA) is 66.8 Å². The molecular weight excluding hydrogens is 186 g/mol. The summed E-state index contributed by atoms with van der Waals surface area (Å²) in [5.74, 6) is -0.961. The standard InChI is InChI=1S/C9H13NO4/c11-8(1-2-9(12)13)10-6-3-7(10)5-14-4-6/h6-7H,1-5H2,(H,12,13)/t6-,7-/m1/s1. The van der Waals surface area contributed by atoms with Crippen molar-refractivity contribution in [1.29, 1.82) is 0 Å². The second-order valence-corrected chi connectivity index (χ2v) is 3.78. The van der Waals surface area contributed by atoms with E-state index < -0.39 is 5.97 Å². The van der Waals surface area contributed by atoms with Gasteiger partial charge in [0.25, 0.3) is 0 Å². The Morgan fingerprint density at radius 3 is 2.43 bits per heavy atom. The van der Waals surface area contributed by atoms with Crippen LogP contribution in [0, 0.1) is 0 Å². The van der Waals surface area contributed by atoms with Crippen molar-refractivity contribution < 1.29 is 19.4 Å². The van der Waals surface area contributed by atoms with Gasteiger partial charge in [0.15, 0.2) is 0 Å². The molecule has 3 saturated heterocycles. The molecule has 2 bridgehead atoms. The number of aliphatic carboxylic acids is 1. The van der Waals surface area contributed by atoms with E-state index in [1.54, 1.807) is 4.90 Å². The summed E-state index contributed by atoms with van der Waals surface area (Å²) in [5.41, 5.74) is 0. The van der Waals surface area contributed by atoms with E-state index in [0.29, 0.717) is 13.2 Å². The first-order chi connectivity index (χ1) is 6.68. The van der Waals surface area contributed by atoms with Crippen LogP contribution in [-0.2, 0) is 14.3 Å². The lowest BCUT2D eigenvalue weighted by molar-refractivity contribution is -0.168. The van der Waals surface area contributed by atoms with Gasteiger partial charge >= 0.3 is 5.97 Å². The number of hydrogen-bond donors (Lipinski definition) is 1. The minimum atomic E-state index is -0.916. The summed E-state index contributed by atoms with van der Waals surface area (Å²) in [5, 5.41) is 8.44. The maximum absolute atomic E-state index is 11.6. The Morgan fingerprint density at radius 2 is 1.93 bits per heavy atom. The maximum atomic E-state index is 11.6. The van der Waals surface area contributed by atoms with E-state index in [4.69, 9.17) is 9.84 Å². The van der Waals surface area contributed by atoms with E-state index in [1.165, 1.54) is 0 Å².